The average molecular weight is 218 g/mol. The van der Waals surface area contributed by atoms with E-state index < -0.39 is 7.12 Å². The molecule has 78 valence electrons. The number of aromatic nitrogens is 1. The molecule has 0 aliphatic heterocycles. The van der Waals surface area contributed by atoms with Gasteiger partial charge in [-0.3, -0.25) is 0 Å². The third-order valence-corrected chi connectivity index (χ3v) is 1.42. The Kier molecular flexibility index (Phi) is 6.23. The maximum Gasteiger partial charge on any atom is 0.488 e. The number of hydrogen-bond donors (Lipinski definition) is 3. The molecule has 1 aromatic rings. The summed E-state index contributed by atoms with van der Waals surface area (Å²) in [6.07, 6.45) is 1.45. The lowest BCUT2D eigenvalue weighted by molar-refractivity contribution is 0.315. The normalized spacial score (nSPS) is 9.07. The zero-order valence-electron chi connectivity index (χ0n) is 7.46. The molecule has 1 aromatic heterocycles. The molecule has 0 radical (unpaired) electrons. The van der Waals surface area contributed by atoms with Crippen molar-refractivity contribution < 1.29 is 14.8 Å². The van der Waals surface area contributed by atoms with Gasteiger partial charge in [-0.1, -0.05) is 0 Å². The summed E-state index contributed by atoms with van der Waals surface area (Å²) in [5, 5.41) is 17.6. The van der Waals surface area contributed by atoms with Crippen LogP contribution in [0.4, 0.5) is 0 Å². The lowest BCUT2D eigenvalue weighted by Gasteiger charge is -2.04. The molecule has 7 heteroatoms. The zero-order valence-corrected chi connectivity index (χ0v) is 8.28. The van der Waals surface area contributed by atoms with Crippen LogP contribution in [0.2, 0.25) is 0 Å². The fourth-order valence-corrected chi connectivity index (χ4v) is 0.828. The number of ether oxygens (including phenoxy) is 1. The maximum absolute atomic E-state index is 8.82. The van der Waals surface area contributed by atoms with Crippen LogP contribution < -0.4 is 15.9 Å². The van der Waals surface area contributed by atoms with E-state index in [1.807, 2.05) is 0 Å². The third kappa shape index (κ3) is 3.93. The molecule has 0 aliphatic carbocycles. The molecule has 0 spiro atoms. The molecular weight excluding hydrogens is 206 g/mol. The Bertz CT molecular complexity index is 275. The highest BCUT2D eigenvalue weighted by atomic mass is 35.5. The van der Waals surface area contributed by atoms with Crippen molar-refractivity contribution in [3.8, 4) is 5.88 Å². The van der Waals surface area contributed by atoms with Gasteiger partial charge in [-0.15, -0.1) is 12.4 Å². The second-order valence-electron chi connectivity index (χ2n) is 2.44. The van der Waals surface area contributed by atoms with E-state index in [-0.39, 0.29) is 12.4 Å². The van der Waals surface area contributed by atoms with Gasteiger partial charge in [0, 0.05) is 18.8 Å². The smallest absolute Gasteiger partial charge is 0.476 e. The maximum atomic E-state index is 8.82. The van der Waals surface area contributed by atoms with Crippen molar-refractivity contribution in [1.29, 1.82) is 0 Å². The van der Waals surface area contributed by atoms with Crippen molar-refractivity contribution in [1.82, 2.24) is 4.98 Å². The Labute approximate surface area is 88.5 Å². The molecule has 0 fully saturated rings. The first-order valence-electron chi connectivity index (χ1n) is 3.89. The van der Waals surface area contributed by atoms with Crippen LogP contribution in [0, 0.1) is 0 Å². The van der Waals surface area contributed by atoms with Crippen LogP contribution in [-0.4, -0.2) is 35.3 Å². The van der Waals surface area contributed by atoms with Gasteiger partial charge in [0.2, 0.25) is 5.88 Å². The van der Waals surface area contributed by atoms with Crippen LogP contribution >= 0.6 is 12.4 Å². The van der Waals surface area contributed by atoms with E-state index in [9.17, 15) is 0 Å². The number of hydrogen-bond acceptors (Lipinski definition) is 5. The van der Waals surface area contributed by atoms with E-state index in [1.165, 1.54) is 18.3 Å². The van der Waals surface area contributed by atoms with Crippen molar-refractivity contribution in [3.05, 3.63) is 18.3 Å². The van der Waals surface area contributed by atoms with Crippen molar-refractivity contribution in [3.63, 3.8) is 0 Å². The monoisotopic (exact) mass is 218 g/mol. The van der Waals surface area contributed by atoms with Gasteiger partial charge in [-0.05, 0) is 11.5 Å². The van der Waals surface area contributed by atoms with Crippen LogP contribution in [0.1, 0.15) is 0 Å². The molecule has 0 amide bonds. The summed E-state index contributed by atoms with van der Waals surface area (Å²) in [5.41, 5.74) is 5.57. The SMILES string of the molecule is Cl.NCCOc1cc(B(O)O)ccn1. The summed E-state index contributed by atoms with van der Waals surface area (Å²) < 4.78 is 5.09. The van der Waals surface area contributed by atoms with Crippen LogP contribution in [0.5, 0.6) is 5.88 Å². The van der Waals surface area contributed by atoms with Gasteiger partial charge in [0.25, 0.3) is 0 Å². The quantitative estimate of drug-likeness (QED) is 0.537. The van der Waals surface area contributed by atoms with E-state index in [4.69, 9.17) is 20.5 Å². The van der Waals surface area contributed by atoms with Crippen LogP contribution in [0.15, 0.2) is 18.3 Å². The summed E-state index contributed by atoms with van der Waals surface area (Å²) in [5.74, 6) is 0.344. The van der Waals surface area contributed by atoms with Gasteiger partial charge < -0.3 is 20.5 Å². The molecule has 1 heterocycles. The topological polar surface area (TPSA) is 88.6 Å². The molecule has 1 rings (SSSR count). The standard InChI is InChI=1S/C7H11BN2O3.ClH/c9-2-4-13-7-5-6(8(11)12)1-3-10-7;/h1,3,5,11-12H,2,4,9H2;1H. The van der Waals surface area contributed by atoms with E-state index in [2.05, 4.69) is 4.98 Å². The van der Waals surface area contributed by atoms with Gasteiger partial charge in [0.1, 0.15) is 6.61 Å². The van der Waals surface area contributed by atoms with Gasteiger partial charge in [0.05, 0.1) is 0 Å². The molecule has 0 aliphatic rings. The average Bonchev–Trinajstić information content (AvgIpc) is 2.15. The van der Waals surface area contributed by atoms with Gasteiger partial charge >= 0.3 is 7.12 Å². The Hall–Kier alpha value is -0.815. The fourth-order valence-electron chi connectivity index (χ4n) is 0.828. The number of rotatable bonds is 4. The van der Waals surface area contributed by atoms with Crippen molar-refractivity contribution in [2.24, 2.45) is 5.73 Å². The Morgan fingerprint density at radius 1 is 1.50 bits per heavy atom. The van der Waals surface area contributed by atoms with Crippen LogP contribution in [0.3, 0.4) is 0 Å². The second kappa shape index (κ2) is 6.61. The number of halogens is 1. The van der Waals surface area contributed by atoms with Crippen molar-refractivity contribution in [2.75, 3.05) is 13.2 Å². The Balaban J connectivity index is 0.00000169. The van der Waals surface area contributed by atoms with Crippen molar-refractivity contribution >= 4 is 25.0 Å². The molecule has 0 saturated carbocycles. The number of pyridine rings is 1. The first-order valence-corrected chi connectivity index (χ1v) is 3.89. The highest BCUT2D eigenvalue weighted by Gasteiger charge is 2.11. The summed E-state index contributed by atoms with van der Waals surface area (Å²) in [4.78, 5) is 3.86. The Morgan fingerprint density at radius 3 is 2.79 bits per heavy atom. The lowest BCUT2D eigenvalue weighted by atomic mass is 9.81. The predicted molar refractivity (Wildman–Crippen MR) is 55.9 cm³/mol. The van der Waals surface area contributed by atoms with Gasteiger partial charge in [0.15, 0.2) is 0 Å². The highest BCUT2D eigenvalue weighted by molar-refractivity contribution is 6.58. The van der Waals surface area contributed by atoms with Gasteiger partial charge in [-0.25, -0.2) is 4.98 Å². The van der Waals surface area contributed by atoms with Crippen molar-refractivity contribution in [2.45, 2.75) is 0 Å². The first-order chi connectivity index (χ1) is 6.24. The summed E-state index contributed by atoms with van der Waals surface area (Å²) >= 11 is 0. The van der Waals surface area contributed by atoms with E-state index >= 15 is 0 Å². The minimum absolute atomic E-state index is 0. The molecule has 4 N–H and O–H groups in total. The third-order valence-electron chi connectivity index (χ3n) is 1.42. The van der Waals surface area contributed by atoms with Crippen LogP contribution in [0.25, 0.3) is 0 Å². The fraction of sp³-hybridized carbons (Fsp3) is 0.286. The second-order valence-corrected chi connectivity index (χ2v) is 2.44. The molecule has 0 bridgehead atoms. The molecule has 0 atom stereocenters. The minimum Gasteiger partial charge on any atom is -0.476 e. The lowest BCUT2D eigenvalue weighted by Crippen LogP contribution is -2.30. The molecule has 0 saturated heterocycles. The minimum atomic E-state index is -1.50. The van der Waals surface area contributed by atoms with Gasteiger partial charge in [-0.2, -0.15) is 0 Å². The van der Waals surface area contributed by atoms with Crippen LogP contribution in [-0.2, 0) is 0 Å². The highest BCUT2D eigenvalue weighted by Crippen LogP contribution is 2.01. The number of nitrogens with two attached hydrogens (primary N) is 1. The molecule has 14 heavy (non-hydrogen) atoms. The van der Waals surface area contributed by atoms with E-state index in [0.717, 1.165) is 0 Å². The zero-order chi connectivity index (χ0) is 9.68. The van der Waals surface area contributed by atoms with E-state index in [0.29, 0.717) is 24.5 Å². The molecular formula is C7H12BClN2O3. The summed E-state index contributed by atoms with van der Waals surface area (Å²) in [6.45, 7) is 0.756. The number of nitrogens with zero attached hydrogens (tertiary/aromatic N) is 1. The summed E-state index contributed by atoms with van der Waals surface area (Å²) in [7, 11) is -1.50. The Morgan fingerprint density at radius 2 is 2.21 bits per heavy atom. The molecule has 0 unspecified atom stereocenters. The largest absolute Gasteiger partial charge is 0.488 e. The molecule has 0 aromatic carbocycles. The predicted octanol–water partition coefficient (Wildman–Crippen LogP) is -1.48. The molecule has 5 nitrogen and oxygen atoms in total. The first kappa shape index (κ1) is 13.2. The van der Waals surface area contributed by atoms with E-state index in [1.54, 1.807) is 0 Å². The summed E-state index contributed by atoms with van der Waals surface area (Å²) in [6, 6.07) is 2.96.